The SMILES string of the molecule is CCN(C(C)CC(C)(NC)C(=O)O)C1CC1. The topological polar surface area (TPSA) is 52.6 Å². The maximum atomic E-state index is 11.2. The molecular formula is C12H24N2O2. The number of nitrogens with one attached hydrogen (secondary N) is 1. The van der Waals surface area contributed by atoms with Crippen molar-refractivity contribution in [3.63, 3.8) is 0 Å². The first-order valence-electron chi connectivity index (χ1n) is 6.12. The number of carbonyl (C=O) groups is 1. The number of carboxylic acid groups (broad SMARTS) is 1. The first-order valence-corrected chi connectivity index (χ1v) is 6.12. The van der Waals surface area contributed by atoms with Gasteiger partial charge >= 0.3 is 5.97 Å². The van der Waals surface area contributed by atoms with E-state index in [1.165, 1.54) is 12.8 Å². The molecule has 4 heteroatoms. The Kier molecular flexibility index (Phi) is 4.33. The lowest BCUT2D eigenvalue weighted by Gasteiger charge is -2.34. The average Bonchev–Trinajstić information content (AvgIpc) is 3.02. The summed E-state index contributed by atoms with van der Waals surface area (Å²) < 4.78 is 0. The van der Waals surface area contributed by atoms with E-state index in [0.29, 0.717) is 18.5 Å². The van der Waals surface area contributed by atoms with Gasteiger partial charge in [0.2, 0.25) is 0 Å². The van der Waals surface area contributed by atoms with Crippen molar-refractivity contribution in [3.8, 4) is 0 Å². The van der Waals surface area contributed by atoms with Crippen LogP contribution in [0.4, 0.5) is 0 Å². The maximum Gasteiger partial charge on any atom is 0.323 e. The lowest BCUT2D eigenvalue weighted by Crippen LogP contribution is -2.52. The molecule has 0 amide bonds. The summed E-state index contributed by atoms with van der Waals surface area (Å²) in [6.45, 7) is 7.03. The summed E-state index contributed by atoms with van der Waals surface area (Å²) in [6, 6.07) is 1.00. The smallest absolute Gasteiger partial charge is 0.323 e. The zero-order chi connectivity index (χ0) is 12.3. The van der Waals surface area contributed by atoms with E-state index in [2.05, 4.69) is 24.1 Å². The van der Waals surface area contributed by atoms with Gasteiger partial charge < -0.3 is 10.4 Å². The third kappa shape index (κ3) is 2.95. The number of nitrogens with zero attached hydrogens (tertiary/aromatic N) is 1. The van der Waals surface area contributed by atoms with E-state index < -0.39 is 11.5 Å². The van der Waals surface area contributed by atoms with Gasteiger partial charge in [0.25, 0.3) is 0 Å². The van der Waals surface area contributed by atoms with Gasteiger partial charge in [0.1, 0.15) is 5.54 Å². The minimum absolute atomic E-state index is 0.311. The Hall–Kier alpha value is -0.610. The third-order valence-electron chi connectivity index (χ3n) is 3.67. The van der Waals surface area contributed by atoms with E-state index in [9.17, 15) is 9.90 Å². The molecule has 2 atom stereocenters. The van der Waals surface area contributed by atoms with Crippen LogP contribution < -0.4 is 5.32 Å². The summed E-state index contributed by atoms with van der Waals surface area (Å²) >= 11 is 0. The van der Waals surface area contributed by atoms with E-state index in [4.69, 9.17) is 0 Å². The normalized spacial score (nSPS) is 21.8. The molecule has 1 aliphatic carbocycles. The summed E-state index contributed by atoms with van der Waals surface area (Å²) in [5, 5.41) is 12.1. The molecule has 0 saturated heterocycles. The molecule has 1 rings (SSSR count). The van der Waals surface area contributed by atoms with Crippen molar-refractivity contribution in [3.05, 3.63) is 0 Å². The molecule has 1 aliphatic rings. The van der Waals surface area contributed by atoms with Gasteiger partial charge in [0, 0.05) is 12.1 Å². The molecule has 0 bridgehead atoms. The molecule has 0 aromatic carbocycles. The number of likely N-dealkylation sites (N-methyl/N-ethyl adjacent to an activating group) is 1. The molecule has 0 aromatic heterocycles. The third-order valence-corrected chi connectivity index (χ3v) is 3.67. The fourth-order valence-electron chi connectivity index (χ4n) is 2.34. The fourth-order valence-corrected chi connectivity index (χ4v) is 2.34. The highest BCUT2D eigenvalue weighted by atomic mass is 16.4. The van der Waals surface area contributed by atoms with Crippen molar-refractivity contribution >= 4 is 5.97 Å². The van der Waals surface area contributed by atoms with Gasteiger partial charge in [-0.2, -0.15) is 0 Å². The van der Waals surface area contributed by atoms with Crippen LogP contribution in [0.3, 0.4) is 0 Å². The van der Waals surface area contributed by atoms with E-state index >= 15 is 0 Å². The monoisotopic (exact) mass is 228 g/mol. The van der Waals surface area contributed by atoms with Gasteiger partial charge in [-0.25, -0.2) is 0 Å². The molecule has 2 N–H and O–H groups in total. The Morgan fingerprint density at radius 1 is 1.62 bits per heavy atom. The van der Waals surface area contributed by atoms with E-state index in [0.717, 1.165) is 6.54 Å². The highest BCUT2D eigenvalue weighted by Crippen LogP contribution is 2.30. The Morgan fingerprint density at radius 2 is 2.19 bits per heavy atom. The Balaban J connectivity index is 2.59. The molecule has 1 saturated carbocycles. The van der Waals surface area contributed by atoms with Crippen molar-refractivity contribution in [1.29, 1.82) is 0 Å². The van der Waals surface area contributed by atoms with Crippen molar-refractivity contribution in [2.75, 3.05) is 13.6 Å². The highest BCUT2D eigenvalue weighted by Gasteiger charge is 2.37. The highest BCUT2D eigenvalue weighted by molar-refractivity contribution is 5.78. The number of rotatable bonds is 7. The quantitative estimate of drug-likeness (QED) is 0.690. The minimum atomic E-state index is -0.818. The molecule has 0 radical (unpaired) electrons. The second-order valence-corrected chi connectivity index (χ2v) is 5.00. The minimum Gasteiger partial charge on any atom is -0.480 e. The lowest BCUT2D eigenvalue weighted by atomic mass is 9.93. The zero-order valence-electron chi connectivity index (χ0n) is 10.8. The van der Waals surface area contributed by atoms with Crippen LogP contribution in [-0.2, 0) is 4.79 Å². The van der Waals surface area contributed by atoms with Gasteiger partial charge in [-0.3, -0.25) is 9.69 Å². The molecule has 1 fully saturated rings. The van der Waals surface area contributed by atoms with Crippen LogP contribution in [-0.4, -0.2) is 47.2 Å². The summed E-state index contributed by atoms with van der Waals surface area (Å²) in [6.07, 6.45) is 3.17. The first-order chi connectivity index (χ1) is 7.44. The maximum absolute atomic E-state index is 11.2. The lowest BCUT2D eigenvalue weighted by molar-refractivity contribution is -0.144. The van der Waals surface area contributed by atoms with Crippen molar-refractivity contribution in [1.82, 2.24) is 10.2 Å². The zero-order valence-corrected chi connectivity index (χ0v) is 10.8. The molecule has 4 nitrogen and oxygen atoms in total. The largest absolute Gasteiger partial charge is 0.480 e. The summed E-state index contributed by atoms with van der Waals surface area (Å²) in [7, 11) is 1.72. The number of hydrogen-bond donors (Lipinski definition) is 2. The molecule has 0 aromatic rings. The van der Waals surface area contributed by atoms with Crippen LogP contribution in [0.1, 0.15) is 40.0 Å². The molecule has 94 valence electrons. The number of hydrogen-bond acceptors (Lipinski definition) is 3. The molecule has 0 aliphatic heterocycles. The van der Waals surface area contributed by atoms with Crippen molar-refractivity contribution < 1.29 is 9.90 Å². The van der Waals surface area contributed by atoms with Gasteiger partial charge in [-0.05, 0) is 46.7 Å². The molecular weight excluding hydrogens is 204 g/mol. The second kappa shape index (κ2) is 5.15. The van der Waals surface area contributed by atoms with Gasteiger partial charge in [0.05, 0.1) is 0 Å². The van der Waals surface area contributed by atoms with Crippen LogP contribution in [0.2, 0.25) is 0 Å². The predicted molar refractivity (Wildman–Crippen MR) is 64.6 cm³/mol. The van der Waals surface area contributed by atoms with E-state index in [1.54, 1.807) is 14.0 Å². The van der Waals surface area contributed by atoms with Crippen LogP contribution in [0.25, 0.3) is 0 Å². The Bertz CT molecular complexity index is 253. The number of carboxylic acids is 1. The van der Waals surface area contributed by atoms with Crippen LogP contribution in [0.5, 0.6) is 0 Å². The summed E-state index contributed by atoms with van der Waals surface area (Å²) in [5.41, 5.74) is -0.818. The van der Waals surface area contributed by atoms with Crippen LogP contribution in [0.15, 0.2) is 0 Å². The van der Waals surface area contributed by atoms with Crippen LogP contribution in [0, 0.1) is 0 Å². The van der Waals surface area contributed by atoms with Crippen molar-refractivity contribution in [2.45, 2.75) is 57.7 Å². The average molecular weight is 228 g/mol. The Morgan fingerprint density at radius 3 is 2.50 bits per heavy atom. The standard InChI is InChI=1S/C12H24N2O2/c1-5-14(10-6-7-10)9(2)8-12(3,13-4)11(15)16/h9-10,13H,5-8H2,1-4H3,(H,15,16). The van der Waals surface area contributed by atoms with Crippen LogP contribution >= 0.6 is 0 Å². The Labute approximate surface area is 98.0 Å². The van der Waals surface area contributed by atoms with Crippen molar-refractivity contribution in [2.24, 2.45) is 0 Å². The van der Waals surface area contributed by atoms with E-state index in [-0.39, 0.29) is 0 Å². The van der Waals surface area contributed by atoms with E-state index in [1.807, 2.05) is 0 Å². The first kappa shape index (κ1) is 13.5. The molecule has 0 heterocycles. The fraction of sp³-hybridized carbons (Fsp3) is 0.917. The summed E-state index contributed by atoms with van der Waals surface area (Å²) in [5.74, 6) is -0.770. The van der Waals surface area contributed by atoms with Gasteiger partial charge in [0.15, 0.2) is 0 Å². The van der Waals surface area contributed by atoms with Gasteiger partial charge in [-0.1, -0.05) is 6.92 Å². The summed E-state index contributed by atoms with van der Waals surface area (Å²) in [4.78, 5) is 13.6. The second-order valence-electron chi connectivity index (χ2n) is 5.00. The molecule has 16 heavy (non-hydrogen) atoms. The molecule has 0 spiro atoms. The predicted octanol–water partition coefficient (Wildman–Crippen LogP) is 1.31. The molecule has 2 unspecified atom stereocenters. The van der Waals surface area contributed by atoms with Gasteiger partial charge in [-0.15, -0.1) is 0 Å². The number of aliphatic carboxylic acids is 1.